The highest BCUT2D eigenvalue weighted by molar-refractivity contribution is 7.10. The first-order chi connectivity index (χ1) is 8.69. The molecule has 0 saturated heterocycles. The van der Waals surface area contributed by atoms with Crippen LogP contribution in [0.15, 0.2) is 35.7 Å². The van der Waals surface area contributed by atoms with Crippen LogP contribution in [-0.2, 0) is 6.54 Å². The topological polar surface area (TPSA) is 21.3 Å². The van der Waals surface area contributed by atoms with Crippen molar-refractivity contribution in [1.82, 2.24) is 5.32 Å². The van der Waals surface area contributed by atoms with Gasteiger partial charge in [0.2, 0.25) is 0 Å². The fourth-order valence-corrected chi connectivity index (χ4v) is 2.75. The normalized spacial score (nSPS) is 12.4. The van der Waals surface area contributed by atoms with E-state index in [-0.39, 0.29) is 6.04 Å². The molecule has 4 heteroatoms. The fraction of sp³-hybridized carbons (Fsp3) is 0.286. The number of hydrogen-bond donors (Lipinski definition) is 1. The zero-order valence-corrected chi connectivity index (χ0v) is 12.0. The molecule has 1 atom stereocenters. The van der Waals surface area contributed by atoms with Crippen molar-refractivity contribution in [2.24, 2.45) is 0 Å². The Morgan fingerprint density at radius 2 is 2.22 bits per heavy atom. The first-order valence-electron chi connectivity index (χ1n) is 5.79. The van der Waals surface area contributed by atoms with Gasteiger partial charge in [0.15, 0.2) is 0 Å². The van der Waals surface area contributed by atoms with Crippen molar-refractivity contribution in [2.45, 2.75) is 19.5 Å². The summed E-state index contributed by atoms with van der Waals surface area (Å²) in [5, 5.41) is 6.24. The second-order valence-electron chi connectivity index (χ2n) is 4.11. The smallest absolute Gasteiger partial charge is 0.119 e. The van der Waals surface area contributed by atoms with Crippen LogP contribution in [0.1, 0.15) is 23.4 Å². The minimum atomic E-state index is 0.279. The molecule has 0 fully saturated rings. The van der Waals surface area contributed by atoms with E-state index < -0.39 is 0 Å². The van der Waals surface area contributed by atoms with Gasteiger partial charge in [0.25, 0.3) is 0 Å². The first kappa shape index (κ1) is 13.4. The maximum Gasteiger partial charge on any atom is 0.119 e. The molecule has 1 aromatic heterocycles. The predicted octanol–water partition coefficient (Wildman–Crippen LogP) is 4.26. The number of nitrogens with one attached hydrogen (secondary N) is 1. The van der Waals surface area contributed by atoms with Gasteiger partial charge >= 0.3 is 0 Å². The van der Waals surface area contributed by atoms with Crippen molar-refractivity contribution in [2.75, 3.05) is 7.11 Å². The van der Waals surface area contributed by atoms with Crippen LogP contribution in [0.5, 0.6) is 5.75 Å². The molecule has 0 aliphatic rings. The van der Waals surface area contributed by atoms with Crippen molar-refractivity contribution in [3.8, 4) is 5.75 Å². The summed E-state index contributed by atoms with van der Waals surface area (Å²) in [5.74, 6) is 0.889. The molecule has 0 spiro atoms. The van der Waals surface area contributed by atoms with Crippen LogP contribution in [-0.4, -0.2) is 7.11 Å². The summed E-state index contributed by atoms with van der Waals surface area (Å²) in [6.45, 7) is 2.97. The lowest BCUT2D eigenvalue weighted by molar-refractivity contribution is 0.413. The minimum Gasteiger partial charge on any atom is -0.497 e. The number of hydrogen-bond acceptors (Lipinski definition) is 3. The third-order valence-electron chi connectivity index (χ3n) is 2.80. The van der Waals surface area contributed by atoms with Gasteiger partial charge < -0.3 is 10.1 Å². The molecule has 0 unspecified atom stereocenters. The molecular weight excluding hydrogens is 266 g/mol. The summed E-state index contributed by atoms with van der Waals surface area (Å²) >= 11 is 7.57. The molecule has 0 aliphatic heterocycles. The van der Waals surface area contributed by atoms with Crippen molar-refractivity contribution in [3.05, 3.63) is 51.2 Å². The van der Waals surface area contributed by atoms with Gasteiger partial charge in [0.1, 0.15) is 5.75 Å². The second kappa shape index (κ2) is 6.23. The molecule has 1 heterocycles. The Labute approximate surface area is 117 Å². The molecule has 0 saturated carbocycles. The Bertz CT molecular complexity index is 512. The lowest BCUT2D eigenvalue weighted by Gasteiger charge is -2.14. The SMILES string of the molecule is COc1cccc([C@H](C)NCc2cc(Cl)cs2)c1. The van der Waals surface area contributed by atoms with E-state index in [1.54, 1.807) is 18.4 Å². The zero-order chi connectivity index (χ0) is 13.0. The molecule has 18 heavy (non-hydrogen) atoms. The highest BCUT2D eigenvalue weighted by Gasteiger charge is 2.06. The molecule has 0 amide bonds. The van der Waals surface area contributed by atoms with Gasteiger partial charge in [-0.3, -0.25) is 0 Å². The summed E-state index contributed by atoms with van der Waals surface area (Å²) in [6.07, 6.45) is 0. The highest BCUT2D eigenvalue weighted by Crippen LogP contribution is 2.22. The molecule has 1 aromatic carbocycles. The van der Waals surface area contributed by atoms with E-state index >= 15 is 0 Å². The van der Waals surface area contributed by atoms with Crippen LogP contribution < -0.4 is 10.1 Å². The van der Waals surface area contributed by atoms with Gasteiger partial charge in [-0.2, -0.15) is 0 Å². The van der Waals surface area contributed by atoms with Crippen LogP contribution in [0.3, 0.4) is 0 Å². The van der Waals surface area contributed by atoms with E-state index in [1.165, 1.54) is 10.4 Å². The number of methoxy groups -OCH3 is 1. The van der Waals surface area contributed by atoms with Crippen LogP contribution in [0, 0.1) is 0 Å². The Hall–Kier alpha value is -1.03. The number of rotatable bonds is 5. The summed E-state index contributed by atoms with van der Waals surface area (Å²) in [5.41, 5.74) is 1.22. The number of ether oxygens (including phenoxy) is 1. The van der Waals surface area contributed by atoms with E-state index in [4.69, 9.17) is 16.3 Å². The number of benzene rings is 1. The minimum absolute atomic E-state index is 0.279. The van der Waals surface area contributed by atoms with E-state index in [9.17, 15) is 0 Å². The molecule has 1 N–H and O–H groups in total. The van der Waals surface area contributed by atoms with Gasteiger partial charge in [0, 0.05) is 22.8 Å². The molecule has 0 aliphatic carbocycles. The standard InChI is InChI=1S/C14H16ClNOS/c1-10(11-4-3-5-13(6-11)17-2)16-8-14-7-12(15)9-18-14/h3-7,9-10,16H,8H2,1-2H3/t10-/m0/s1. The molecule has 2 rings (SSSR count). The van der Waals surface area contributed by atoms with Crippen LogP contribution >= 0.6 is 22.9 Å². The molecule has 2 aromatic rings. The second-order valence-corrected chi connectivity index (χ2v) is 5.54. The number of halogens is 1. The molecule has 96 valence electrons. The third-order valence-corrected chi connectivity index (χ3v) is 4.08. The molecule has 0 radical (unpaired) electrons. The van der Waals surface area contributed by atoms with E-state index in [1.807, 2.05) is 23.6 Å². The van der Waals surface area contributed by atoms with Gasteiger partial charge in [-0.15, -0.1) is 11.3 Å². The van der Waals surface area contributed by atoms with E-state index in [0.717, 1.165) is 17.3 Å². The highest BCUT2D eigenvalue weighted by atomic mass is 35.5. The first-order valence-corrected chi connectivity index (χ1v) is 7.05. The summed E-state index contributed by atoms with van der Waals surface area (Å²) in [7, 11) is 1.69. The Morgan fingerprint density at radius 3 is 2.89 bits per heavy atom. The van der Waals surface area contributed by atoms with Crippen LogP contribution in [0.4, 0.5) is 0 Å². The average molecular weight is 282 g/mol. The molecule has 0 bridgehead atoms. The maximum atomic E-state index is 5.90. The van der Waals surface area contributed by atoms with E-state index in [2.05, 4.69) is 24.4 Å². The molecular formula is C14H16ClNOS. The van der Waals surface area contributed by atoms with E-state index in [0.29, 0.717) is 0 Å². The van der Waals surface area contributed by atoms with Gasteiger partial charge in [-0.05, 0) is 30.7 Å². The fourth-order valence-electron chi connectivity index (χ4n) is 1.73. The zero-order valence-electron chi connectivity index (χ0n) is 10.4. The van der Waals surface area contributed by atoms with Gasteiger partial charge in [-0.25, -0.2) is 0 Å². The quantitative estimate of drug-likeness (QED) is 0.884. The lowest BCUT2D eigenvalue weighted by atomic mass is 10.1. The van der Waals surface area contributed by atoms with Crippen LogP contribution in [0.2, 0.25) is 5.02 Å². The number of thiophene rings is 1. The average Bonchev–Trinajstić information content (AvgIpc) is 2.82. The monoisotopic (exact) mass is 281 g/mol. The Morgan fingerprint density at radius 1 is 1.39 bits per heavy atom. The summed E-state index contributed by atoms with van der Waals surface area (Å²) in [6, 6.07) is 10.4. The summed E-state index contributed by atoms with van der Waals surface area (Å²) in [4.78, 5) is 1.25. The van der Waals surface area contributed by atoms with Crippen molar-refractivity contribution in [1.29, 1.82) is 0 Å². The summed E-state index contributed by atoms with van der Waals surface area (Å²) < 4.78 is 5.23. The van der Waals surface area contributed by atoms with Crippen molar-refractivity contribution in [3.63, 3.8) is 0 Å². The van der Waals surface area contributed by atoms with Gasteiger partial charge in [-0.1, -0.05) is 23.7 Å². The van der Waals surface area contributed by atoms with Gasteiger partial charge in [0.05, 0.1) is 12.1 Å². The van der Waals surface area contributed by atoms with Crippen molar-refractivity contribution >= 4 is 22.9 Å². The van der Waals surface area contributed by atoms with Crippen LogP contribution in [0.25, 0.3) is 0 Å². The predicted molar refractivity (Wildman–Crippen MR) is 77.6 cm³/mol. The lowest BCUT2D eigenvalue weighted by Crippen LogP contribution is -2.17. The Kier molecular flexibility index (Phi) is 4.64. The maximum absolute atomic E-state index is 5.90. The largest absolute Gasteiger partial charge is 0.497 e. The third kappa shape index (κ3) is 3.48. The Balaban J connectivity index is 1.96. The van der Waals surface area contributed by atoms with Crippen molar-refractivity contribution < 1.29 is 4.74 Å². The molecule has 2 nitrogen and oxygen atoms in total.